The van der Waals surface area contributed by atoms with E-state index in [9.17, 15) is 14.9 Å². The average Bonchev–Trinajstić information content (AvgIpc) is 3.41. The summed E-state index contributed by atoms with van der Waals surface area (Å²) in [6, 6.07) is 15.8. The lowest BCUT2D eigenvalue weighted by Gasteiger charge is -2.37. The van der Waals surface area contributed by atoms with Crippen LogP contribution in [-0.4, -0.2) is 39.2 Å². The topological polar surface area (TPSA) is 138 Å². The van der Waals surface area contributed by atoms with Crippen LogP contribution in [-0.2, 0) is 16.0 Å². The van der Waals surface area contributed by atoms with E-state index in [4.69, 9.17) is 5.73 Å². The Morgan fingerprint density at radius 1 is 1.21 bits per heavy atom. The lowest BCUT2D eigenvalue weighted by Crippen LogP contribution is -2.38. The molecule has 0 saturated heterocycles. The number of nitrogens with zero attached hydrogens (tertiary/aromatic N) is 5. The maximum atomic E-state index is 13.2. The van der Waals surface area contributed by atoms with Crippen LogP contribution in [0, 0.1) is 11.3 Å². The number of rotatable bonds is 8. The van der Waals surface area contributed by atoms with Crippen LogP contribution in [0.25, 0.3) is 0 Å². The number of benzene rings is 1. The van der Waals surface area contributed by atoms with Crippen LogP contribution in [0.1, 0.15) is 36.3 Å². The fourth-order valence-corrected chi connectivity index (χ4v) is 6.42. The number of amides is 1. The fourth-order valence-electron chi connectivity index (χ4n) is 4.71. The minimum absolute atomic E-state index is 0.00311. The Labute approximate surface area is 228 Å². The number of ketones is 1. The number of nitrogens with one attached hydrogen (secondary N) is 1. The standard InChI is InChI=1S/C27H25N7O2S2/c28-14-19-23(18-8-5-12-30-15-18)24-20(9-4-10-21(24)35)34(25(19)29)26-32-33-27(38-26)37-16-22(36)31-13-11-17-6-2-1-3-7-17/h1-3,5-8,12,15,23H,4,9-11,13,16,29H2,(H,31,36). The molecule has 1 aliphatic heterocycles. The van der Waals surface area contributed by atoms with Gasteiger partial charge in [0.05, 0.1) is 23.3 Å². The van der Waals surface area contributed by atoms with Gasteiger partial charge in [-0.1, -0.05) is 59.5 Å². The minimum Gasteiger partial charge on any atom is -0.384 e. The van der Waals surface area contributed by atoms with Gasteiger partial charge in [0.15, 0.2) is 10.1 Å². The molecule has 3 heterocycles. The van der Waals surface area contributed by atoms with E-state index in [2.05, 4.69) is 26.6 Å². The number of Topliss-reactive ketones (excluding diaryl/α,β-unsaturated/α-hetero) is 1. The second-order valence-corrected chi connectivity index (χ2v) is 11.0. The van der Waals surface area contributed by atoms with Crippen LogP contribution < -0.4 is 16.0 Å². The van der Waals surface area contributed by atoms with Crippen LogP contribution >= 0.6 is 23.1 Å². The van der Waals surface area contributed by atoms with Crippen molar-refractivity contribution < 1.29 is 9.59 Å². The van der Waals surface area contributed by atoms with E-state index in [-0.39, 0.29) is 28.8 Å². The highest BCUT2D eigenvalue weighted by atomic mass is 32.2. The molecule has 0 spiro atoms. The van der Waals surface area contributed by atoms with Gasteiger partial charge >= 0.3 is 0 Å². The molecule has 0 bridgehead atoms. The van der Waals surface area contributed by atoms with E-state index in [1.54, 1.807) is 23.4 Å². The lowest BCUT2D eigenvalue weighted by atomic mass is 9.76. The summed E-state index contributed by atoms with van der Waals surface area (Å²) in [5, 5.41) is 22.0. The normalized spacial score (nSPS) is 17.3. The predicted octanol–water partition coefficient (Wildman–Crippen LogP) is 3.69. The molecule has 9 nitrogen and oxygen atoms in total. The van der Waals surface area contributed by atoms with E-state index in [0.29, 0.717) is 40.9 Å². The number of carbonyl (C=O) groups is 2. The zero-order valence-electron chi connectivity index (χ0n) is 20.5. The highest BCUT2D eigenvalue weighted by molar-refractivity contribution is 8.01. The molecule has 3 N–H and O–H groups in total. The fraction of sp³-hybridized carbons (Fsp3) is 0.259. The Bertz CT molecular complexity index is 1440. The number of aromatic nitrogens is 3. The molecule has 0 saturated carbocycles. The van der Waals surface area contributed by atoms with Gasteiger partial charge in [-0.25, -0.2) is 0 Å². The third kappa shape index (κ3) is 5.32. The van der Waals surface area contributed by atoms with Crippen LogP contribution in [0.3, 0.4) is 0 Å². The molecule has 1 unspecified atom stereocenters. The predicted molar refractivity (Wildman–Crippen MR) is 146 cm³/mol. The molecule has 11 heteroatoms. The largest absolute Gasteiger partial charge is 0.384 e. The van der Waals surface area contributed by atoms with Gasteiger partial charge in [-0.2, -0.15) is 5.26 Å². The van der Waals surface area contributed by atoms with Gasteiger partial charge in [-0.05, 0) is 36.5 Å². The van der Waals surface area contributed by atoms with Gasteiger partial charge in [-0.15, -0.1) is 10.2 Å². The maximum Gasteiger partial charge on any atom is 0.230 e. The minimum atomic E-state index is -0.561. The third-order valence-electron chi connectivity index (χ3n) is 6.42. The van der Waals surface area contributed by atoms with Crippen molar-refractivity contribution in [1.29, 1.82) is 5.26 Å². The molecular weight excluding hydrogens is 518 g/mol. The number of pyridine rings is 1. The van der Waals surface area contributed by atoms with E-state index >= 15 is 0 Å². The van der Waals surface area contributed by atoms with Crippen molar-refractivity contribution in [1.82, 2.24) is 20.5 Å². The van der Waals surface area contributed by atoms with Gasteiger partial charge in [0.1, 0.15) is 5.82 Å². The molecule has 1 atom stereocenters. The molecule has 1 aromatic carbocycles. The SMILES string of the molecule is N#CC1=C(N)N(c2nnc(SCC(=O)NCCc3ccccc3)s2)C2=C(C(=O)CCC2)C1c1cccnc1. The lowest BCUT2D eigenvalue weighted by molar-refractivity contribution is -0.118. The summed E-state index contributed by atoms with van der Waals surface area (Å²) in [5.74, 6) is -0.214. The highest BCUT2D eigenvalue weighted by Gasteiger charge is 2.41. The summed E-state index contributed by atoms with van der Waals surface area (Å²) in [6.07, 6.45) is 5.81. The van der Waals surface area contributed by atoms with Gasteiger partial charge in [0.25, 0.3) is 0 Å². The molecule has 5 rings (SSSR count). The Balaban J connectivity index is 1.33. The van der Waals surface area contributed by atoms with E-state index in [1.807, 2.05) is 36.4 Å². The van der Waals surface area contributed by atoms with Crippen LogP contribution in [0.4, 0.5) is 5.13 Å². The van der Waals surface area contributed by atoms with Crippen molar-refractivity contribution in [3.8, 4) is 6.07 Å². The van der Waals surface area contributed by atoms with Crippen molar-refractivity contribution in [2.24, 2.45) is 5.73 Å². The molecule has 0 radical (unpaired) electrons. The van der Waals surface area contributed by atoms with E-state index in [1.165, 1.54) is 28.7 Å². The number of hydrogen-bond donors (Lipinski definition) is 2. The molecule has 2 aromatic heterocycles. The zero-order valence-corrected chi connectivity index (χ0v) is 22.1. The average molecular weight is 544 g/mol. The molecule has 0 fully saturated rings. The van der Waals surface area contributed by atoms with Crippen LogP contribution in [0.2, 0.25) is 0 Å². The Morgan fingerprint density at radius 2 is 2.05 bits per heavy atom. The second kappa shape index (κ2) is 11.6. The first-order valence-electron chi connectivity index (χ1n) is 12.2. The van der Waals surface area contributed by atoms with Crippen molar-refractivity contribution in [3.05, 3.63) is 88.6 Å². The molecule has 2 aliphatic rings. The summed E-state index contributed by atoms with van der Waals surface area (Å²) in [5.41, 5.74) is 10.1. The van der Waals surface area contributed by atoms with E-state index < -0.39 is 5.92 Å². The smallest absolute Gasteiger partial charge is 0.230 e. The molecular formula is C27H25N7O2S2. The number of nitrogens with two attached hydrogens (primary N) is 1. The monoisotopic (exact) mass is 543 g/mol. The summed E-state index contributed by atoms with van der Waals surface area (Å²) in [6.45, 7) is 0.555. The summed E-state index contributed by atoms with van der Waals surface area (Å²) >= 11 is 2.57. The van der Waals surface area contributed by atoms with Crippen molar-refractivity contribution in [2.45, 2.75) is 35.9 Å². The first-order chi connectivity index (χ1) is 18.6. The Kier molecular flexibility index (Phi) is 7.81. The van der Waals surface area contributed by atoms with Crippen molar-refractivity contribution >= 4 is 39.9 Å². The molecule has 38 heavy (non-hydrogen) atoms. The van der Waals surface area contributed by atoms with E-state index in [0.717, 1.165) is 17.7 Å². The van der Waals surface area contributed by atoms with Crippen molar-refractivity contribution in [2.75, 3.05) is 17.2 Å². The number of anilines is 1. The third-order valence-corrected chi connectivity index (χ3v) is 8.47. The Morgan fingerprint density at radius 3 is 2.82 bits per heavy atom. The second-order valence-electron chi connectivity index (χ2n) is 8.83. The first kappa shape index (κ1) is 25.6. The molecule has 3 aromatic rings. The van der Waals surface area contributed by atoms with Gasteiger partial charge in [0, 0.05) is 36.6 Å². The number of carbonyl (C=O) groups excluding carboxylic acids is 2. The van der Waals surface area contributed by atoms with Gasteiger partial charge in [0.2, 0.25) is 11.0 Å². The van der Waals surface area contributed by atoms with Crippen molar-refractivity contribution in [3.63, 3.8) is 0 Å². The van der Waals surface area contributed by atoms with Crippen LogP contribution in [0.15, 0.2) is 81.9 Å². The number of hydrogen-bond acceptors (Lipinski definition) is 10. The van der Waals surface area contributed by atoms with Gasteiger partial charge < -0.3 is 11.1 Å². The summed E-state index contributed by atoms with van der Waals surface area (Å²) in [7, 11) is 0. The quantitative estimate of drug-likeness (QED) is 0.407. The highest BCUT2D eigenvalue weighted by Crippen LogP contribution is 2.46. The summed E-state index contributed by atoms with van der Waals surface area (Å²) < 4.78 is 0.600. The number of allylic oxidation sites excluding steroid dienone is 3. The zero-order chi connectivity index (χ0) is 26.5. The maximum absolute atomic E-state index is 13.2. The van der Waals surface area contributed by atoms with Crippen LogP contribution in [0.5, 0.6) is 0 Å². The number of thioether (sulfide) groups is 1. The molecule has 1 aliphatic carbocycles. The first-order valence-corrected chi connectivity index (χ1v) is 14.0. The van der Waals surface area contributed by atoms with Gasteiger partial charge in [-0.3, -0.25) is 19.5 Å². The Hall–Kier alpha value is -4.01. The summed E-state index contributed by atoms with van der Waals surface area (Å²) in [4.78, 5) is 31.4. The molecule has 1 amide bonds. The molecule has 192 valence electrons. The number of nitriles is 1.